The zero-order valence-electron chi connectivity index (χ0n) is 13.9. The van der Waals surface area contributed by atoms with Crippen molar-refractivity contribution in [3.63, 3.8) is 0 Å². The number of hydrogen-bond acceptors (Lipinski definition) is 2. The van der Waals surface area contributed by atoms with Gasteiger partial charge in [0.15, 0.2) is 0 Å². The molecule has 2 saturated heterocycles. The molecule has 3 nitrogen and oxygen atoms in total. The SMILES string of the molecule is O=C(OC[C@@H]1CCC[NH+]2CCCC[C@H]12)[C@@H]1C[C@@H]1c1ccccc1. The number of quaternary nitrogens is 1. The van der Waals surface area contributed by atoms with Crippen molar-refractivity contribution in [3.05, 3.63) is 35.9 Å². The van der Waals surface area contributed by atoms with Crippen molar-refractivity contribution in [1.29, 1.82) is 0 Å². The van der Waals surface area contributed by atoms with E-state index in [-0.39, 0.29) is 11.9 Å². The molecule has 2 heterocycles. The molecule has 3 fully saturated rings. The van der Waals surface area contributed by atoms with Crippen molar-refractivity contribution in [3.8, 4) is 0 Å². The highest BCUT2D eigenvalue weighted by molar-refractivity contribution is 5.77. The molecule has 0 radical (unpaired) electrons. The first-order chi connectivity index (χ1) is 11.3. The number of fused-ring (bicyclic) bond motifs is 1. The molecule has 0 amide bonds. The highest BCUT2D eigenvalue weighted by atomic mass is 16.5. The minimum absolute atomic E-state index is 0.0433. The lowest BCUT2D eigenvalue weighted by Crippen LogP contribution is -3.18. The number of hydrogen-bond donors (Lipinski definition) is 1. The Balaban J connectivity index is 1.29. The van der Waals surface area contributed by atoms with Gasteiger partial charge in [-0.15, -0.1) is 0 Å². The zero-order valence-corrected chi connectivity index (χ0v) is 13.9. The molecule has 1 unspecified atom stereocenters. The second-order valence-electron chi connectivity index (χ2n) is 7.65. The van der Waals surface area contributed by atoms with E-state index >= 15 is 0 Å². The van der Waals surface area contributed by atoms with Crippen molar-refractivity contribution in [2.75, 3.05) is 19.7 Å². The Morgan fingerprint density at radius 2 is 1.91 bits per heavy atom. The van der Waals surface area contributed by atoms with Crippen molar-refractivity contribution in [2.45, 2.75) is 50.5 Å². The summed E-state index contributed by atoms with van der Waals surface area (Å²) in [5.74, 6) is 1.14. The number of ether oxygens (including phenoxy) is 1. The van der Waals surface area contributed by atoms with Crippen molar-refractivity contribution >= 4 is 5.97 Å². The average molecular weight is 314 g/mol. The smallest absolute Gasteiger partial charge is 0.309 e. The van der Waals surface area contributed by atoms with Crippen LogP contribution in [-0.2, 0) is 9.53 Å². The summed E-state index contributed by atoms with van der Waals surface area (Å²) in [5.41, 5.74) is 1.29. The van der Waals surface area contributed by atoms with Crippen LogP contribution in [0.3, 0.4) is 0 Å². The maximum atomic E-state index is 12.4. The van der Waals surface area contributed by atoms with E-state index in [2.05, 4.69) is 24.3 Å². The quantitative estimate of drug-likeness (QED) is 0.864. The number of carbonyl (C=O) groups is 1. The Morgan fingerprint density at radius 3 is 2.78 bits per heavy atom. The van der Waals surface area contributed by atoms with Crippen LogP contribution in [0.2, 0.25) is 0 Å². The molecule has 5 atom stereocenters. The van der Waals surface area contributed by atoms with Gasteiger partial charge in [-0.05, 0) is 50.0 Å². The number of piperidine rings is 2. The summed E-state index contributed by atoms with van der Waals surface area (Å²) in [5, 5.41) is 0. The van der Waals surface area contributed by atoms with Crippen LogP contribution in [-0.4, -0.2) is 31.7 Å². The lowest BCUT2D eigenvalue weighted by molar-refractivity contribution is -0.940. The Kier molecular flexibility index (Phi) is 4.39. The minimum Gasteiger partial charge on any atom is -0.465 e. The predicted octanol–water partition coefficient (Wildman–Crippen LogP) is 2.18. The van der Waals surface area contributed by atoms with E-state index in [4.69, 9.17) is 4.74 Å². The van der Waals surface area contributed by atoms with Crippen LogP contribution >= 0.6 is 0 Å². The van der Waals surface area contributed by atoms with Crippen LogP contribution in [0.1, 0.15) is 50.0 Å². The molecule has 3 aliphatic rings. The second-order valence-corrected chi connectivity index (χ2v) is 7.65. The third-order valence-electron chi connectivity index (χ3n) is 6.19. The molecule has 4 rings (SSSR count). The zero-order chi connectivity index (χ0) is 15.6. The maximum Gasteiger partial charge on any atom is 0.309 e. The highest BCUT2D eigenvalue weighted by Crippen LogP contribution is 2.48. The Morgan fingerprint density at radius 1 is 1.09 bits per heavy atom. The van der Waals surface area contributed by atoms with E-state index < -0.39 is 0 Å². The van der Waals surface area contributed by atoms with Gasteiger partial charge in [-0.3, -0.25) is 4.79 Å². The van der Waals surface area contributed by atoms with E-state index in [1.807, 2.05) is 6.07 Å². The summed E-state index contributed by atoms with van der Waals surface area (Å²) < 4.78 is 5.75. The fourth-order valence-corrected chi connectivity index (χ4v) is 4.80. The van der Waals surface area contributed by atoms with Gasteiger partial charge in [-0.1, -0.05) is 30.3 Å². The van der Waals surface area contributed by atoms with Crippen molar-refractivity contribution in [2.24, 2.45) is 11.8 Å². The summed E-state index contributed by atoms with van der Waals surface area (Å²) in [6.07, 6.45) is 7.57. The molecule has 2 aliphatic heterocycles. The Bertz CT molecular complexity index is 542. The molecule has 1 N–H and O–H groups in total. The Hall–Kier alpha value is -1.35. The van der Waals surface area contributed by atoms with Gasteiger partial charge in [0.05, 0.1) is 31.7 Å². The number of carbonyl (C=O) groups excluding carboxylic acids is 1. The minimum atomic E-state index is 0.0433. The molecule has 0 bridgehead atoms. The standard InChI is InChI=1S/C20H27NO2/c22-20(18-13-17(18)15-7-2-1-3-8-15)23-14-16-9-6-12-21-11-5-4-10-19(16)21/h1-3,7-8,16-19H,4-6,9-14H2/p+1/t16-,17+,18+,19+/m0/s1. The van der Waals surface area contributed by atoms with Crippen LogP contribution in [0.15, 0.2) is 30.3 Å². The highest BCUT2D eigenvalue weighted by Gasteiger charge is 2.46. The number of rotatable bonds is 4. The predicted molar refractivity (Wildman–Crippen MR) is 89.3 cm³/mol. The number of esters is 1. The summed E-state index contributed by atoms with van der Waals surface area (Å²) >= 11 is 0. The van der Waals surface area contributed by atoms with Gasteiger partial charge in [0.1, 0.15) is 0 Å². The molecular formula is C20H28NO2+. The molecule has 1 aliphatic carbocycles. The van der Waals surface area contributed by atoms with E-state index in [1.165, 1.54) is 50.8 Å². The van der Waals surface area contributed by atoms with Crippen LogP contribution in [0.25, 0.3) is 0 Å². The molecule has 1 aromatic carbocycles. The van der Waals surface area contributed by atoms with Crippen LogP contribution in [0.5, 0.6) is 0 Å². The number of benzene rings is 1. The average Bonchev–Trinajstić information content (AvgIpc) is 3.41. The van der Waals surface area contributed by atoms with Gasteiger partial charge in [-0.2, -0.15) is 0 Å². The molecular weight excluding hydrogens is 286 g/mol. The third-order valence-corrected chi connectivity index (χ3v) is 6.19. The molecule has 23 heavy (non-hydrogen) atoms. The van der Waals surface area contributed by atoms with Gasteiger partial charge >= 0.3 is 5.97 Å². The van der Waals surface area contributed by atoms with E-state index in [0.29, 0.717) is 18.4 Å². The molecule has 0 aromatic heterocycles. The fraction of sp³-hybridized carbons (Fsp3) is 0.650. The monoisotopic (exact) mass is 314 g/mol. The summed E-state index contributed by atoms with van der Waals surface area (Å²) in [6.45, 7) is 3.31. The van der Waals surface area contributed by atoms with E-state index in [0.717, 1.165) is 12.5 Å². The molecule has 1 aromatic rings. The van der Waals surface area contributed by atoms with Crippen molar-refractivity contribution < 1.29 is 14.4 Å². The van der Waals surface area contributed by atoms with Gasteiger partial charge in [0.2, 0.25) is 0 Å². The summed E-state index contributed by atoms with van der Waals surface area (Å²) in [6, 6.07) is 11.1. The molecule has 0 spiro atoms. The van der Waals surface area contributed by atoms with E-state index in [9.17, 15) is 4.79 Å². The first kappa shape index (κ1) is 15.2. The molecule has 124 valence electrons. The first-order valence-electron chi connectivity index (χ1n) is 9.39. The summed E-state index contributed by atoms with van der Waals surface area (Å²) in [7, 11) is 0. The fourth-order valence-electron chi connectivity index (χ4n) is 4.80. The normalized spacial score (nSPS) is 36.1. The molecule has 1 saturated carbocycles. The lowest BCUT2D eigenvalue weighted by atomic mass is 9.84. The van der Waals surface area contributed by atoms with Crippen LogP contribution < -0.4 is 4.90 Å². The topological polar surface area (TPSA) is 30.7 Å². The van der Waals surface area contributed by atoms with Gasteiger partial charge in [0, 0.05) is 5.92 Å². The second kappa shape index (κ2) is 6.64. The van der Waals surface area contributed by atoms with Crippen molar-refractivity contribution in [1.82, 2.24) is 0 Å². The maximum absolute atomic E-state index is 12.4. The van der Waals surface area contributed by atoms with Gasteiger partial charge in [-0.25, -0.2) is 0 Å². The van der Waals surface area contributed by atoms with Crippen LogP contribution in [0.4, 0.5) is 0 Å². The Labute approximate surface area is 139 Å². The van der Waals surface area contributed by atoms with Crippen LogP contribution in [0, 0.1) is 11.8 Å². The summed E-state index contributed by atoms with van der Waals surface area (Å²) in [4.78, 5) is 14.1. The third kappa shape index (κ3) is 3.30. The van der Waals surface area contributed by atoms with E-state index in [1.54, 1.807) is 4.90 Å². The molecule has 3 heteroatoms. The van der Waals surface area contributed by atoms with Gasteiger partial charge in [0.25, 0.3) is 0 Å². The number of nitrogens with one attached hydrogen (secondary N) is 1. The first-order valence-corrected chi connectivity index (χ1v) is 9.39. The lowest BCUT2D eigenvalue weighted by Gasteiger charge is -2.41. The van der Waals surface area contributed by atoms with Gasteiger partial charge < -0.3 is 9.64 Å². The largest absolute Gasteiger partial charge is 0.465 e.